The molecule has 0 bridgehead atoms. The molecule has 1 fully saturated rings. The number of ether oxygens (including phenoxy) is 1. The van der Waals surface area contributed by atoms with E-state index in [2.05, 4.69) is 5.32 Å². The standard InChI is InChI=1S/C24H16ClFN2O4/c25-17-8-10-19(11-9-17)28-23(30)20(22(29)27-24(28)31)13-16-5-1-2-7-21(16)32-14-15-4-3-6-18(26)12-15/h1-13H,14H2,(H,27,29,31)/b20-13+. The fourth-order valence-corrected chi connectivity index (χ4v) is 3.28. The first kappa shape index (κ1) is 21.3. The minimum atomic E-state index is -0.852. The quantitative estimate of drug-likeness (QED) is 0.450. The van der Waals surface area contributed by atoms with E-state index in [1.165, 1.54) is 42.5 Å². The van der Waals surface area contributed by atoms with Gasteiger partial charge in [0.25, 0.3) is 11.8 Å². The highest BCUT2D eigenvalue weighted by Crippen LogP contribution is 2.26. The summed E-state index contributed by atoms with van der Waals surface area (Å²) in [6.07, 6.45) is 1.36. The Labute approximate surface area is 187 Å². The van der Waals surface area contributed by atoms with Crippen LogP contribution in [0.25, 0.3) is 6.08 Å². The Balaban J connectivity index is 1.63. The van der Waals surface area contributed by atoms with Crippen molar-refractivity contribution in [3.63, 3.8) is 0 Å². The first-order valence-electron chi connectivity index (χ1n) is 9.55. The van der Waals surface area contributed by atoms with Gasteiger partial charge in [-0.05, 0) is 54.1 Å². The van der Waals surface area contributed by atoms with Crippen LogP contribution in [0.1, 0.15) is 11.1 Å². The molecule has 3 aromatic carbocycles. The van der Waals surface area contributed by atoms with Crippen molar-refractivity contribution in [1.82, 2.24) is 5.32 Å². The van der Waals surface area contributed by atoms with Crippen LogP contribution in [-0.2, 0) is 16.2 Å². The zero-order valence-electron chi connectivity index (χ0n) is 16.5. The summed E-state index contributed by atoms with van der Waals surface area (Å²) >= 11 is 5.88. The minimum absolute atomic E-state index is 0.0907. The van der Waals surface area contributed by atoms with E-state index in [1.54, 1.807) is 36.4 Å². The third kappa shape index (κ3) is 4.53. The third-order valence-electron chi connectivity index (χ3n) is 4.69. The van der Waals surface area contributed by atoms with Gasteiger partial charge in [-0.2, -0.15) is 0 Å². The van der Waals surface area contributed by atoms with E-state index < -0.39 is 17.8 Å². The summed E-state index contributed by atoms with van der Waals surface area (Å²) in [4.78, 5) is 38.6. The SMILES string of the molecule is O=C1NC(=O)N(c2ccc(Cl)cc2)C(=O)/C1=C/c1ccccc1OCc1cccc(F)c1. The van der Waals surface area contributed by atoms with Crippen molar-refractivity contribution < 1.29 is 23.5 Å². The molecule has 0 spiro atoms. The molecule has 0 aliphatic carbocycles. The van der Waals surface area contributed by atoms with Crippen LogP contribution >= 0.6 is 11.6 Å². The molecule has 4 amide bonds. The molecule has 0 saturated carbocycles. The Bertz CT molecular complexity index is 1240. The molecule has 1 aliphatic rings. The second-order valence-corrected chi connectivity index (χ2v) is 7.33. The number of benzene rings is 3. The predicted molar refractivity (Wildman–Crippen MR) is 118 cm³/mol. The topological polar surface area (TPSA) is 75.7 Å². The molecule has 32 heavy (non-hydrogen) atoms. The summed E-state index contributed by atoms with van der Waals surface area (Å²) < 4.78 is 19.2. The number of para-hydroxylation sites is 1. The van der Waals surface area contributed by atoms with E-state index >= 15 is 0 Å². The maximum absolute atomic E-state index is 13.4. The number of anilines is 1. The van der Waals surface area contributed by atoms with Gasteiger partial charge in [0, 0.05) is 10.6 Å². The zero-order chi connectivity index (χ0) is 22.7. The normalized spacial score (nSPS) is 15.1. The molecule has 1 N–H and O–H groups in total. The van der Waals surface area contributed by atoms with Gasteiger partial charge in [0.1, 0.15) is 23.7 Å². The van der Waals surface area contributed by atoms with Crippen molar-refractivity contribution in [1.29, 1.82) is 0 Å². The van der Waals surface area contributed by atoms with Gasteiger partial charge in [-0.25, -0.2) is 14.1 Å². The molecule has 1 heterocycles. The first-order chi connectivity index (χ1) is 15.4. The predicted octanol–water partition coefficient (Wildman–Crippen LogP) is 4.72. The number of barbiturate groups is 1. The van der Waals surface area contributed by atoms with Gasteiger partial charge >= 0.3 is 6.03 Å². The van der Waals surface area contributed by atoms with Crippen LogP contribution in [0.5, 0.6) is 5.75 Å². The van der Waals surface area contributed by atoms with Crippen LogP contribution in [-0.4, -0.2) is 17.8 Å². The van der Waals surface area contributed by atoms with E-state index in [0.717, 1.165) is 4.90 Å². The molecule has 6 nitrogen and oxygen atoms in total. The molecule has 0 unspecified atom stereocenters. The monoisotopic (exact) mass is 450 g/mol. The molecule has 1 saturated heterocycles. The Kier molecular flexibility index (Phi) is 6.00. The number of carbonyl (C=O) groups is 3. The lowest BCUT2D eigenvalue weighted by molar-refractivity contribution is -0.122. The van der Waals surface area contributed by atoms with Crippen LogP contribution < -0.4 is 15.0 Å². The average molecular weight is 451 g/mol. The summed E-state index contributed by atoms with van der Waals surface area (Å²) in [5.41, 5.74) is 1.11. The van der Waals surface area contributed by atoms with Gasteiger partial charge < -0.3 is 4.74 Å². The van der Waals surface area contributed by atoms with E-state index in [0.29, 0.717) is 21.9 Å². The molecule has 8 heteroatoms. The second-order valence-electron chi connectivity index (χ2n) is 6.89. The Morgan fingerprint density at radius 1 is 0.969 bits per heavy atom. The Morgan fingerprint density at radius 2 is 1.72 bits per heavy atom. The molecule has 0 atom stereocenters. The lowest BCUT2D eigenvalue weighted by atomic mass is 10.1. The van der Waals surface area contributed by atoms with Crippen molar-refractivity contribution in [2.45, 2.75) is 6.61 Å². The van der Waals surface area contributed by atoms with Crippen molar-refractivity contribution in [2.24, 2.45) is 0 Å². The van der Waals surface area contributed by atoms with Crippen molar-refractivity contribution in [2.75, 3.05) is 4.90 Å². The van der Waals surface area contributed by atoms with E-state index in [9.17, 15) is 18.8 Å². The maximum Gasteiger partial charge on any atom is 0.335 e. The average Bonchev–Trinajstić information content (AvgIpc) is 2.77. The number of halogens is 2. The van der Waals surface area contributed by atoms with Gasteiger partial charge in [0.2, 0.25) is 0 Å². The van der Waals surface area contributed by atoms with Crippen molar-refractivity contribution >= 4 is 41.2 Å². The highest BCUT2D eigenvalue weighted by atomic mass is 35.5. The number of nitrogens with zero attached hydrogens (tertiary/aromatic N) is 1. The van der Waals surface area contributed by atoms with Crippen LogP contribution in [0.15, 0.2) is 78.4 Å². The minimum Gasteiger partial charge on any atom is -0.488 e. The lowest BCUT2D eigenvalue weighted by Crippen LogP contribution is -2.54. The van der Waals surface area contributed by atoms with Gasteiger partial charge in [-0.3, -0.25) is 14.9 Å². The second kappa shape index (κ2) is 9.03. The van der Waals surface area contributed by atoms with Crippen LogP contribution in [0, 0.1) is 5.82 Å². The fraction of sp³-hybridized carbons (Fsp3) is 0.0417. The molecule has 0 aromatic heterocycles. The first-order valence-corrected chi connectivity index (χ1v) is 9.93. The summed E-state index contributed by atoms with van der Waals surface area (Å²) in [6, 6.07) is 18.0. The number of hydrogen-bond donors (Lipinski definition) is 1. The Hall–Kier alpha value is -3.97. The van der Waals surface area contributed by atoms with Crippen molar-refractivity contribution in [3.8, 4) is 5.75 Å². The number of nitrogens with one attached hydrogen (secondary N) is 1. The van der Waals surface area contributed by atoms with E-state index in [1.807, 2.05) is 0 Å². The lowest BCUT2D eigenvalue weighted by Gasteiger charge is -2.26. The van der Waals surface area contributed by atoms with Crippen molar-refractivity contribution in [3.05, 3.63) is 100 Å². The molecular weight excluding hydrogens is 435 g/mol. The summed E-state index contributed by atoms with van der Waals surface area (Å²) in [6.45, 7) is 0.0907. The van der Waals surface area contributed by atoms with Crippen LogP contribution in [0.3, 0.4) is 0 Å². The molecule has 4 rings (SSSR count). The number of imide groups is 2. The smallest absolute Gasteiger partial charge is 0.335 e. The van der Waals surface area contributed by atoms with Crippen LogP contribution in [0.4, 0.5) is 14.9 Å². The molecule has 0 radical (unpaired) electrons. The Morgan fingerprint density at radius 3 is 2.47 bits per heavy atom. The third-order valence-corrected chi connectivity index (χ3v) is 4.94. The van der Waals surface area contributed by atoms with Crippen LogP contribution in [0.2, 0.25) is 5.02 Å². The van der Waals surface area contributed by atoms with Gasteiger partial charge in [-0.1, -0.05) is 41.9 Å². The maximum atomic E-state index is 13.4. The summed E-state index contributed by atoms with van der Waals surface area (Å²) in [5, 5.41) is 2.61. The van der Waals surface area contributed by atoms with Gasteiger partial charge in [-0.15, -0.1) is 0 Å². The highest BCUT2D eigenvalue weighted by molar-refractivity contribution is 6.39. The van der Waals surface area contributed by atoms with E-state index in [-0.39, 0.29) is 23.7 Å². The van der Waals surface area contributed by atoms with Gasteiger partial charge in [0.15, 0.2) is 0 Å². The summed E-state index contributed by atoms with van der Waals surface area (Å²) in [5.74, 6) is -1.58. The highest BCUT2D eigenvalue weighted by Gasteiger charge is 2.36. The summed E-state index contributed by atoms with van der Waals surface area (Å²) in [7, 11) is 0. The zero-order valence-corrected chi connectivity index (χ0v) is 17.3. The number of hydrogen-bond acceptors (Lipinski definition) is 4. The number of rotatable bonds is 5. The molecule has 160 valence electrons. The number of carbonyl (C=O) groups excluding carboxylic acids is 3. The number of urea groups is 1. The molecular formula is C24H16ClFN2O4. The fourth-order valence-electron chi connectivity index (χ4n) is 3.16. The molecule has 3 aromatic rings. The van der Waals surface area contributed by atoms with Gasteiger partial charge in [0.05, 0.1) is 5.69 Å². The molecule has 1 aliphatic heterocycles. The van der Waals surface area contributed by atoms with E-state index in [4.69, 9.17) is 16.3 Å². The number of amides is 4. The largest absolute Gasteiger partial charge is 0.488 e.